The van der Waals surface area contributed by atoms with Crippen molar-refractivity contribution in [2.75, 3.05) is 13.7 Å². The number of benzene rings is 1. The van der Waals surface area contributed by atoms with Crippen LogP contribution in [0.15, 0.2) is 30.3 Å². The predicted molar refractivity (Wildman–Crippen MR) is 69.6 cm³/mol. The molecule has 0 spiro atoms. The van der Waals surface area contributed by atoms with Crippen LogP contribution in [0, 0.1) is 11.8 Å². The van der Waals surface area contributed by atoms with Crippen molar-refractivity contribution in [2.45, 2.75) is 32.5 Å². The van der Waals surface area contributed by atoms with Gasteiger partial charge in [-0.15, -0.1) is 11.8 Å². The van der Waals surface area contributed by atoms with E-state index < -0.39 is 0 Å². The van der Waals surface area contributed by atoms with Crippen LogP contribution in [0.5, 0.6) is 0 Å². The third-order valence-electron chi connectivity index (χ3n) is 2.54. The lowest BCUT2D eigenvalue weighted by Gasteiger charge is -2.12. The highest BCUT2D eigenvalue weighted by atomic mass is 16.5. The normalized spacial score (nSPS) is 11.6. The van der Waals surface area contributed by atoms with Crippen LogP contribution in [0.4, 0.5) is 0 Å². The minimum Gasteiger partial charge on any atom is -0.380 e. The summed E-state index contributed by atoms with van der Waals surface area (Å²) in [6, 6.07) is 10.2. The zero-order chi connectivity index (χ0) is 12.3. The van der Waals surface area contributed by atoms with Crippen molar-refractivity contribution in [2.24, 2.45) is 0 Å². The molecule has 1 atom stereocenters. The quantitative estimate of drug-likeness (QED) is 0.531. The lowest BCUT2D eigenvalue weighted by Crippen LogP contribution is -2.13. The summed E-state index contributed by atoms with van der Waals surface area (Å²) in [6.07, 6.45) is 1.85. The second kappa shape index (κ2) is 8.81. The van der Waals surface area contributed by atoms with Crippen molar-refractivity contribution >= 4 is 0 Å². The molecule has 0 unspecified atom stereocenters. The van der Waals surface area contributed by atoms with Crippen molar-refractivity contribution in [3.63, 3.8) is 0 Å². The van der Waals surface area contributed by atoms with Crippen molar-refractivity contribution in [1.29, 1.82) is 0 Å². The first-order valence-electron chi connectivity index (χ1n) is 5.91. The van der Waals surface area contributed by atoms with Gasteiger partial charge in [-0.3, -0.25) is 0 Å². The standard InChI is InChI=1S/C15H20O2/c1-3-4-10-15(16-2)11-12-17-13-14-8-6-5-7-9-14/h5-9,15H,10-13H2,1-2H3/t15-/m1/s1. The molecule has 0 N–H and O–H groups in total. The minimum atomic E-state index is 0.179. The van der Waals surface area contributed by atoms with E-state index in [0.29, 0.717) is 13.2 Å². The molecule has 0 radical (unpaired) electrons. The summed E-state index contributed by atoms with van der Waals surface area (Å²) in [5.74, 6) is 5.91. The molecule has 0 saturated heterocycles. The van der Waals surface area contributed by atoms with Gasteiger partial charge >= 0.3 is 0 Å². The molecule has 0 aliphatic carbocycles. The van der Waals surface area contributed by atoms with E-state index in [1.165, 1.54) is 5.56 Å². The first-order chi connectivity index (χ1) is 8.36. The number of ether oxygens (including phenoxy) is 2. The van der Waals surface area contributed by atoms with Crippen molar-refractivity contribution in [3.8, 4) is 11.8 Å². The summed E-state index contributed by atoms with van der Waals surface area (Å²) in [5.41, 5.74) is 1.20. The van der Waals surface area contributed by atoms with Crippen LogP contribution in [-0.4, -0.2) is 19.8 Å². The topological polar surface area (TPSA) is 18.5 Å². The fourth-order valence-electron chi connectivity index (χ4n) is 1.50. The summed E-state index contributed by atoms with van der Waals surface area (Å²) in [4.78, 5) is 0. The molecule has 0 amide bonds. The first-order valence-corrected chi connectivity index (χ1v) is 5.91. The molecule has 1 aromatic carbocycles. The summed E-state index contributed by atoms with van der Waals surface area (Å²) in [5, 5.41) is 0. The molecule has 17 heavy (non-hydrogen) atoms. The molecule has 0 bridgehead atoms. The number of methoxy groups -OCH3 is 1. The van der Waals surface area contributed by atoms with E-state index in [1.54, 1.807) is 7.11 Å². The van der Waals surface area contributed by atoms with Crippen LogP contribution in [0.25, 0.3) is 0 Å². The molecule has 0 heterocycles. The van der Waals surface area contributed by atoms with Crippen molar-refractivity contribution in [1.82, 2.24) is 0 Å². The minimum absolute atomic E-state index is 0.179. The molecule has 0 aliphatic heterocycles. The number of rotatable bonds is 7. The fraction of sp³-hybridized carbons (Fsp3) is 0.467. The zero-order valence-electron chi connectivity index (χ0n) is 10.6. The Hall–Kier alpha value is -1.30. The second-order valence-electron chi connectivity index (χ2n) is 3.82. The first kappa shape index (κ1) is 13.8. The van der Waals surface area contributed by atoms with Crippen molar-refractivity contribution in [3.05, 3.63) is 35.9 Å². The van der Waals surface area contributed by atoms with Crippen LogP contribution < -0.4 is 0 Å². The Morgan fingerprint density at radius 1 is 1.24 bits per heavy atom. The zero-order valence-corrected chi connectivity index (χ0v) is 10.6. The molecular weight excluding hydrogens is 212 g/mol. The van der Waals surface area contributed by atoms with E-state index in [2.05, 4.69) is 24.0 Å². The molecule has 0 saturated carbocycles. The number of hydrogen-bond donors (Lipinski definition) is 0. The third kappa shape index (κ3) is 6.11. The Morgan fingerprint density at radius 3 is 2.65 bits per heavy atom. The van der Waals surface area contributed by atoms with Gasteiger partial charge in [-0.25, -0.2) is 0 Å². The van der Waals surface area contributed by atoms with Gasteiger partial charge < -0.3 is 9.47 Å². The highest BCUT2D eigenvalue weighted by Gasteiger charge is 2.04. The van der Waals surface area contributed by atoms with E-state index in [-0.39, 0.29) is 6.10 Å². The summed E-state index contributed by atoms with van der Waals surface area (Å²) >= 11 is 0. The van der Waals surface area contributed by atoms with E-state index in [1.807, 2.05) is 25.1 Å². The molecule has 1 rings (SSSR count). The Bertz CT molecular complexity index is 348. The highest BCUT2D eigenvalue weighted by molar-refractivity contribution is 5.13. The Morgan fingerprint density at radius 2 is 2.00 bits per heavy atom. The van der Waals surface area contributed by atoms with Gasteiger partial charge in [0.15, 0.2) is 0 Å². The maximum atomic E-state index is 5.60. The van der Waals surface area contributed by atoms with E-state index in [9.17, 15) is 0 Å². The average Bonchev–Trinajstić information content (AvgIpc) is 2.39. The molecule has 2 nitrogen and oxygen atoms in total. The van der Waals surface area contributed by atoms with E-state index in [4.69, 9.17) is 9.47 Å². The van der Waals surface area contributed by atoms with Gasteiger partial charge in [0.1, 0.15) is 0 Å². The maximum Gasteiger partial charge on any atom is 0.0716 e. The van der Waals surface area contributed by atoms with Crippen LogP contribution in [0.2, 0.25) is 0 Å². The summed E-state index contributed by atoms with van der Waals surface area (Å²) in [7, 11) is 1.72. The Labute approximate surface area is 104 Å². The predicted octanol–water partition coefficient (Wildman–Crippen LogP) is 3.02. The highest BCUT2D eigenvalue weighted by Crippen LogP contribution is 2.05. The van der Waals surface area contributed by atoms with Crippen LogP contribution >= 0.6 is 0 Å². The van der Waals surface area contributed by atoms with Crippen LogP contribution in [0.3, 0.4) is 0 Å². The lowest BCUT2D eigenvalue weighted by atomic mass is 10.2. The Kier molecular flexibility index (Phi) is 7.13. The largest absolute Gasteiger partial charge is 0.380 e. The molecule has 0 aromatic heterocycles. The van der Waals surface area contributed by atoms with Gasteiger partial charge in [0.25, 0.3) is 0 Å². The molecule has 2 heteroatoms. The van der Waals surface area contributed by atoms with Gasteiger partial charge in [-0.2, -0.15) is 0 Å². The van der Waals surface area contributed by atoms with Gasteiger partial charge in [0, 0.05) is 20.1 Å². The van der Waals surface area contributed by atoms with E-state index >= 15 is 0 Å². The van der Waals surface area contributed by atoms with Crippen molar-refractivity contribution < 1.29 is 9.47 Å². The second-order valence-corrected chi connectivity index (χ2v) is 3.82. The average molecular weight is 232 g/mol. The number of hydrogen-bond acceptors (Lipinski definition) is 2. The fourth-order valence-corrected chi connectivity index (χ4v) is 1.50. The molecule has 0 fully saturated rings. The monoisotopic (exact) mass is 232 g/mol. The third-order valence-corrected chi connectivity index (χ3v) is 2.54. The van der Waals surface area contributed by atoms with Gasteiger partial charge in [-0.05, 0) is 18.9 Å². The molecule has 92 valence electrons. The SMILES string of the molecule is CC#CC[C@H](CCOCc1ccccc1)OC. The lowest BCUT2D eigenvalue weighted by molar-refractivity contribution is 0.0491. The van der Waals surface area contributed by atoms with Crippen LogP contribution in [-0.2, 0) is 16.1 Å². The Balaban J connectivity index is 2.16. The summed E-state index contributed by atoms with van der Waals surface area (Å²) in [6.45, 7) is 3.22. The van der Waals surface area contributed by atoms with Gasteiger partial charge in [0.05, 0.1) is 12.7 Å². The van der Waals surface area contributed by atoms with Crippen LogP contribution in [0.1, 0.15) is 25.3 Å². The van der Waals surface area contributed by atoms with E-state index in [0.717, 1.165) is 12.8 Å². The molecule has 0 aliphatic rings. The molecule has 1 aromatic rings. The molecular formula is C15H20O2. The smallest absolute Gasteiger partial charge is 0.0716 e. The summed E-state index contributed by atoms with van der Waals surface area (Å²) < 4.78 is 10.9. The van der Waals surface area contributed by atoms with Gasteiger partial charge in [-0.1, -0.05) is 30.3 Å². The van der Waals surface area contributed by atoms with Gasteiger partial charge in [0.2, 0.25) is 0 Å². The maximum absolute atomic E-state index is 5.60.